The van der Waals surface area contributed by atoms with Gasteiger partial charge in [0.05, 0.1) is 11.6 Å². The van der Waals surface area contributed by atoms with Crippen molar-refractivity contribution in [3.8, 4) is 22.4 Å². The molecular formula is C21H19FN2O2S. The van der Waals surface area contributed by atoms with E-state index in [1.54, 1.807) is 23.5 Å². The van der Waals surface area contributed by atoms with Gasteiger partial charge in [-0.3, -0.25) is 4.79 Å². The summed E-state index contributed by atoms with van der Waals surface area (Å²) in [5, 5.41) is 15.1. The number of thiazole rings is 1. The summed E-state index contributed by atoms with van der Waals surface area (Å²) >= 11 is 1.55. The monoisotopic (exact) mass is 382 g/mol. The van der Waals surface area contributed by atoms with Crippen molar-refractivity contribution in [1.29, 1.82) is 0 Å². The van der Waals surface area contributed by atoms with Crippen LogP contribution in [0.2, 0.25) is 0 Å². The van der Waals surface area contributed by atoms with Crippen LogP contribution in [0.1, 0.15) is 12.8 Å². The van der Waals surface area contributed by atoms with Crippen LogP contribution < -0.4 is 5.32 Å². The summed E-state index contributed by atoms with van der Waals surface area (Å²) in [6.07, 6.45) is 1.48. The molecule has 0 atom stereocenters. The van der Waals surface area contributed by atoms with Crippen LogP contribution in [0.5, 0.6) is 0 Å². The summed E-state index contributed by atoms with van der Waals surface area (Å²) in [7, 11) is 0. The summed E-state index contributed by atoms with van der Waals surface area (Å²) in [6, 6.07) is 14.5. The first kappa shape index (κ1) is 17.7. The third kappa shape index (κ3) is 4.01. The molecule has 6 heteroatoms. The van der Waals surface area contributed by atoms with E-state index in [9.17, 15) is 9.18 Å². The van der Waals surface area contributed by atoms with Gasteiger partial charge in [0.25, 0.3) is 0 Å². The van der Waals surface area contributed by atoms with Crippen LogP contribution in [0.3, 0.4) is 0 Å². The first-order valence-electron chi connectivity index (χ1n) is 8.87. The first-order valence-corrected chi connectivity index (χ1v) is 9.75. The van der Waals surface area contributed by atoms with Crippen molar-refractivity contribution in [2.75, 3.05) is 11.9 Å². The third-order valence-electron chi connectivity index (χ3n) is 4.99. The number of rotatable bonds is 6. The zero-order chi connectivity index (χ0) is 18.8. The lowest BCUT2D eigenvalue weighted by Crippen LogP contribution is -2.34. The Balaban J connectivity index is 1.37. The van der Waals surface area contributed by atoms with Gasteiger partial charge in [-0.15, -0.1) is 11.3 Å². The average Bonchev–Trinajstić information content (AvgIpc) is 3.10. The lowest BCUT2D eigenvalue weighted by Gasteiger charge is -2.32. The van der Waals surface area contributed by atoms with E-state index >= 15 is 0 Å². The first-order chi connectivity index (χ1) is 13.1. The smallest absolute Gasteiger partial charge is 0.306 e. The molecule has 138 valence electrons. The molecule has 1 aliphatic carbocycles. The van der Waals surface area contributed by atoms with Gasteiger partial charge in [-0.2, -0.15) is 0 Å². The van der Waals surface area contributed by atoms with Gasteiger partial charge in [0.15, 0.2) is 5.13 Å². The second-order valence-corrected chi connectivity index (χ2v) is 7.73. The summed E-state index contributed by atoms with van der Waals surface area (Å²) in [6.45, 7) is 0.764. The molecule has 1 aromatic heterocycles. The standard InChI is InChI=1S/C21H19FN2O2S/c22-18-7-5-15(6-8-18)14-1-3-16(4-2-14)19-12-27-21(24-19)23-11-13-9-17(10-13)20(25)26/h1-8,12-13,17H,9-11H2,(H,23,24)(H,25,26). The van der Waals surface area contributed by atoms with E-state index in [1.165, 1.54) is 12.1 Å². The van der Waals surface area contributed by atoms with Crippen LogP contribution in [0, 0.1) is 17.7 Å². The summed E-state index contributed by atoms with van der Waals surface area (Å²) in [5.74, 6) is -0.693. The Kier molecular flexibility index (Phi) is 4.90. The maximum absolute atomic E-state index is 13.0. The highest BCUT2D eigenvalue weighted by Crippen LogP contribution is 2.34. The molecule has 4 rings (SSSR count). The Bertz CT molecular complexity index is 932. The minimum absolute atomic E-state index is 0.178. The minimum atomic E-state index is -0.688. The number of anilines is 1. The second-order valence-electron chi connectivity index (χ2n) is 6.88. The van der Waals surface area contributed by atoms with E-state index in [1.807, 2.05) is 29.6 Å². The Morgan fingerprint density at radius 2 is 1.67 bits per heavy atom. The van der Waals surface area contributed by atoms with Crippen molar-refractivity contribution in [1.82, 2.24) is 4.98 Å². The van der Waals surface area contributed by atoms with Crippen molar-refractivity contribution >= 4 is 22.4 Å². The number of hydrogen-bond donors (Lipinski definition) is 2. The van der Waals surface area contributed by atoms with E-state index in [2.05, 4.69) is 10.3 Å². The largest absolute Gasteiger partial charge is 0.481 e. The molecule has 2 N–H and O–H groups in total. The predicted molar refractivity (Wildman–Crippen MR) is 105 cm³/mol. The average molecular weight is 382 g/mol. The third-order valence-corrected chi connectivity index (χ3v) is 5.79. The fourth-order valence-corrected chi connectivity index (χ4v) is 4.03. The number of benzene rings is 2. The molecule has 0 saturated heterocycles. The van der Waals surface area contributed by atoms with Crippen molar-refractivity contribution in [3.63, 3.8) is 0 Å². The normalized spacial score (nSPS) is 18.7. The van der Waals surface area contributed by atoms with Crippen molar-refractivity contribution < 1.29 is 14.3 Å². The highest BCUT2D eigenvalue weighted by Gasteiger charge is 2.34. The van der Waals surface area contributed by atoms with E-state index < -0.39 is 5.97 Å². The van der Waals surface area contributed by atoms with Crippen LogP contribution >= 0.6 is 11.3 Å². The summed E-state index contributed by atoms with van der Waals surface area (Å²) < 4.78 is 13.0. The molecule has 0 spiro atoms. The van der Waals surface area contributed by atoms with Crippen molar-refractivity contribution in [3.05, 3.63) is 59.7 Å². The lowest BCUT2D eigenvalue weighted by atomic mass is 9.75. The molecule has 27 heavy (non-hydrogen) atoms. The zero-order valence-electron chi connectivity index (χ0n) is 14.6. The fraction of sp³-hybridized carbons (Fsp3) is 0.238. The molecular weight excluding hydrogens is 363 g/mol. The van der Waals surface area contributed by atoms with Crippen molar-refractivity contribution in [2.24, 2.45) is 11.8 Å². The lowest BCUT2D eigenvalue weighted by molar-refractivity contribution is -0.146. The number of carbonyl (C=O) groups is 1. The molecule has 0 bridgehead atoms. The Morgan fingerprint density at radius 3 is 2.30 bits per heavy atom. The molecule has 0 radical (unpaired) electrons. The van der Waals surface area contributed by atoms with E-state index in [0.29, 0.717) is 5.92 Å². The maximum Gasteiger partial charge on any atom is 0.306 e. The molecule has 1 aliphatic rings. The maximum atomic E-state index is 13.0. The van der Waals surface area contributed by atoms with Crippen LogP contribution in [0.25, 0.3) is 22.4 Å². The van der Waals surface area contributed by atoms with E-state index in [-0.39, 0.29) is 11.7 Å². The molecule has 1 heterocycles. The van der Waals surface area contributed by atoms with Gasteiger partial charge >= 0.3 is 5.97 Å². The van der Waals surface area contributed by atoms with E-state index in [0.717, 1.165) is 46.9 Å². The van der Waals surface area contributed by atoms with Gasteiger partial charge in [0.1, 0.15) is 5.82 Å². The molecule has 0 unspecified atom stereocenters. The molecule has 0 amide bonds. The zero-order valence-corrected chi connectivity index (χ0v) is 15.4. The summed E-state index contributed by atoms with van der Waals surface area (Å²) in [4.78, 5) is 15.5. The van der Waals surface area contributed by atoms with Crippen LogP contribution in [0.4, 0.5) is 9.52 Å². The van der Waals surface area contributed by atoms with Gasteiger partial charge in [-0.25, -0.2) is 9.37 Å². The number of carboxylic acids is 1. The highest BCUT2D eigenvalue weighted by atomic mass is 32.1. The number of nitrogens with one attached hydrogen (secondary N) is 1. The quantitative estimate of drug-likeness (QED) is 0.620. The van der Waals surface area contributed by atoms with Gasteiger partial charge in [0, 0.05) is 17.5 Å². The number of aliphatic carboxylic acids is 1. The van der Waals surface area contributed by atoms with Crippen LogP contribution in [0.15, 0.2) is 53.9 Å². The Morgan fingerprint density at radius 1 is 1.07 bits per heavy atom. The van der Waals surface area contributed by atoms with Crippen LogP contribution in [-0.2, 0) is 4.79 Å². The molecule has 1 saturated carbocycles. The number of nitrogens with zero attached hydrogens (tertiary/aromatic N) is 1. The number of hydrogen-bond acceptors (Lipinski definition) is 4. The van der Waals surface area contributed by atoms with Gasteiger partial charge in [-0.1, -0.05) is 36.4 Å². The molecule has 3 aromatic rings. The SMILES string of the molecule is O=C(O)C1CC(CNc2nc(-c3ccc(-c4ccc(F)cc4)cc3)cs2)C1. The fourth-order valence-electron chi connectivity index (χ4n) is 3.30. The summed E-state index contributed by atoms with van der Waals surface area (Å²) in [5.41, 5.74) is 3.94. The van der Waals surface area contributed by atoms with Gasteiger partial charge < -0.3 is 10.4 Å². The van der Waals surface area contributed by atoms with Gasteiger partial charge in [-0.05, 0) is 42.0 Å². The second kappa shape index (κ2) is 7.48. The molecule has 2 aromatic carbocycles. The number of halogens is 1. The number of aromatic nitrogens is 1. The van der Waals surface area contributed by atoms with Crippen molar-refractivity contribution in [2.45, 2.75) is 12.8 Å². The van der Waals surface area contributed by atoms with Crippen LogP contribution in [-0.4, -0.2) is 22.6 Å². The Hall–Kier alpha value is -2.73. The molecule has 4 nitrogen and oxygen atoms in total. The predicted octanol–water partition coefficient (Wildman–Crippen LogP) is 5.14. The minimum Gasteiger partial charge on any atom is -0.481 e. The molecule has 1 fully saturated rings. The molecule has 0 aliphatic heterocycles. The van der Waals surface area contributed by atoms with Gasteiger partial charge in [0.2, 0.25) is 0 Å². The topological polar surface area (TPSA) is 62.2 Å². The number of carboxylic acid groups (broad SMARTS) is 1. The Labute approximate surface area is 160 Å². The van der Waals surface area contributed by atoms with E-state index in [4.69, 9.17) is 5.11 Å². The highest BCUT2D eigenvalue weighted by molar-refractivity contribution is 7.14.